The third kappa shape index (κ3) is 7.77. The molecule has 7 heteroatoms. The molecule has 1 atom stereocenters. The standard InChI is InChI=1S/C26H35FN2O4/c1-7-21(25(31)28-26(2,3)4)29(17-19-8-12-20(27)13-9-19)24(30)15-11-18-10-14-22(32-5)23(16-18)33-6/h8-10,12-14,16,21H,7,11,15,17H2,1-6H3,(H,28,31)/t21-/m1/s1. The molecule has 0 aliphatic heterocycles. The molecule has 180 valence electrons. The highest BCUT2D eigenvalue weighted by atomic mass is 19.1. The smallest absolute Gasteiger partial charge is 0.243 e. The molecule has 33 heavy (non-hydrogen) atoms. The van der Waals surface area contributed by atoms with Crippen LogP contribution in [0, 0.1) is 5.82 Å². The Hall–Kier alpha value is -3.09. The number of ether oxygens (including phenoxy) is 2. The molecule has 0 unspecified atom stereocenters. The molecule has 0 bridgehead atoms. The SMILES string of the molecule is CC[C@H](C(=O)NC(C)(C)C)N(Cc1ccc(F)cc1)C(=O)CCc1ccc(OC)c(OC)c1. The van der Waals surface area contributed by atoms with Crippen LogP contribution in [0.3, 0.4) is 0 Å². The maximum atomic E-state index is 13.4. The van der Waals surface area contributed by atoms with Crippen LogP contribution < -0.4 is 14.8 Å². The molecule has 0 aliphatic rings. The number of methoxy groups -OCH3 is 2. The van der Waals surface area contributed by atoms with Crippen molar-refractivity contribution in [1.82, 2.24) is 10.2 Å². The maximum absolute atomic E-state index is 13.4. The van der Waals surface area contributed by atoms with Gasteiger partial charge in [0, 0.05) is 18.5 Å². The third-order valence-electron chi connectivity index (χ3n) is 5.23. The Kier molecular flexibility index (Phi) is 9.26. The van der Waals surface area contributed by atoms with Gasteiger partial charge >= 0.3 is 0 Å². The van der Waals surface area contributed by atoms with E-state index in [0.717, 1.165) is 11.1 Å². The molecule has 0 saturated heterocycles. The lowest BCUT2D eigenvalue weighted by molar-refractivity contribution is -0.142. The van der Waals surface area contributed by atoms with Gasteiger partial charge in [0.15, 0.2) is 11.5 Å². The molecule has 2 aromatic rings. The first-order valence-electron chi connectivity index (χ1n) is 11.1. The zero-order valence-corrected chi connectivity index (χ0v) is 20.4. The van der Waals surface area contributed by atoms with E-state index in [-0.39, 0.29) is 30.6 Å². The molecular formula is C26H35FN2O4. The van der Waals surface area contributed by atoms with Gasteiger partial charge in [-0.25, -0.2) is 4.39 Å². The molecular weight excluding hydrogens is 423 g/mol. The van der Waals surface area contributed by atoms with E-state index in [0.29, 0.717) is 24.3 Å². The summed E-state index contributed by atoms with van der Waals surface area (Å²) in [6.07, 6.45) is 1.16. The number of amides is 2. The first-order valence-corrected chi connectivity index (χ1v) is 11.1. The first-order chi connectivity index (χ1) is 15.6. The van der Waals surface area contributed by atoms with Gasteiger partial charge in [-0.15, -0.1) is 0 Å². The lowest BCUT2D eigenvalue weighted by Crippen LogP contribution is -2.53. The van der Waals surface area contributed by atoms with E-state index in [4.69, 9.17) is 9.47 Å². The molecule has 0 spiro atoms. The molecule has 2 amide bonds. The molecule has 1 N–H and O–H groups in total. The Labute approximate surface area is 196 Å². The number of rotatable bonds is 10. The average molecular weight is 459 g/mol. The Morgan fingerprint density at radius 3 is 2.15 bits per heavy atom. The van der Waals surface area contributed by atoms with Crippen LogP contribution >= 0.6 is 0 Å². The Morgan fingerprint density at radius 2 is 1.61 bits per heavy atom. The van der Waals surface area contributed by atoms with Crippen molar-refractivity contribution in [3.63, 3.8) is 0 Å². The predicted molar refractivity (Wildman–Crippen MR) is 127 cm³/mol. The largest absolute Gasteiger partial charge is 0.493 e. The minimum Gasteiger partial charge on any atom is -0.493 e. The fraction of sp³-hybridized carbons (Fsp3) is 0.462. The normalized spacial score (nSPS) is 12.1. The summed E-state index contributed by atoms with van der Waals surface area (Å²) in [7, 11) is 3.14. The predicted octanol–water partition coefficient (Wildman–Crippen LogP) is 4.50. The van der Waals surface area contributed by atoms with Gasteiger partial charge in [0.1, 0.15) is 11.9 Å². The second-order valence-electron chi connectivity index (χ2n) is 9.00. The van der Waals surface area contributed by atoms with Gasteiger partial charge < -0.3 is 19.7 Å². The Morgan fingerprint density at radius 1 is 1.00 bits per heavy atom. The van der Waals surface area contributed by atoms with E-state index in [1.54, 1.807) is 37.3 Å². The van der Waals surface area contributed by atoms with Gasteiger partial charge in [-0.2, -0.15) is 0 Å². The fourth-order valence-electron chi connectivity index (χ4n) is 3.59. The summed E-state index contributed by atoms with van der Waals surface area (Å²) in [5, 5.41) is 2.98. The first kappa shape index (κ1) is 26.2. The van der Waals surface area contributed by atoms with Crippen molar-refractivity contribution in [2.75, 3.05) is 14.2 Å². The molecule has 0 radical (unpaired) electrons. The second-order valence-corrected chi connectivity index (χ2v) is 9.00. The van der Waals surface area contributed by atoms with Gasteiger partial charge in [0.25, 0.3) is 0 Å². The zero-order chi connectivity index (χ0) is 24.6. The van der Waals surface area contributed by atoms with Gasteiger partial charge in [-0.3, -0.25) is 9.59 Å². The summed E-state index contributed by atoms with van der Waals surface area (Å²) in [5.41, 5.74) is 1.27. The highest BCUT2D eigenvalue weighted by Crippen LogP contribution is 2.28. The lowest BCUT2D eigenvalue weighted by atomic mass is 10.0. The van der Waals surface area contributed by atoms with Crippen molar-refractivity contribution in [2.24, 2.45) is 0 Å². The van der Waals surface area contributed by atoms with Gasteiger partial charge in [0.2, 0.25) is 11.8 Å². The van der Waals surface area contributed by atoms with Gasteiger partial charge in [-0.05, 0) is 69.0 Å². The number of carbonyl (C=O) groups is 2. The Bertz CT molecular complexity index is 938. The van der Waals surface area contributed by atoms with Crippen molar-refractivity contribution in [1.29, 1.82) is 0 Å². The van der Waals surface area contributed by atoms with E-state index < -0.39 is 11.6 Å². The molecule has 0 heterocycles. The topological polar surface area (TPSA) is 67.9 Å². The summed E-state index contributed by atoms with van der Waals surface area (Å²) in [4.78, 5) is 28.0. The van der Waals surface area contributed by atoms with Gasteiger partial charge in [0.05, 0.1) is 14.2 Å². The minimum absolute atomic E-state index is 0.148. The van der Waals surface area contributed by atoms with E-state index in [9.17, 15) is 14.0 Å². The summed E-state index contributed by atoms with van der Waals surface area (Å²) in [5.74, 6) is 0.524. The number of carbonyl (C=O) groups excluding carboxylic acids is 2. The number of benzene rings is 2. The van der Waals surface area contributed by atoms with E-state index >= 15 is 0 Å². The van der Waals surface area contributed by atoms with Crippen molar-refractivity contribution in [3.05, 3.63) is 59.4 Å². The number of hydrogen-bond acceptors (Lipinski definition) is 4. The van der Waals surface area contributed by atoms with Gasteiger partial charge in [-0.1, -0.05) is 25.1 Å². The summed E-state index contributed by atoms with van der Waals surface area (Å²) in [6, 6.07) is 10.9. The number of nitrogens with zero attached hydrogens (tertiary/aromatic N) is 1. The van der Waals surface area contributed by atoms with E-state index in [1.807, 2.05) is 39.8 Å². The highest BCUT2D eigenvalue weighted by molar-refractivity contribution is 5.88. The van der Waals surface area contributed by atoms with E-state index in [2.05, 4.69) is 5.32 Å². The fourth-order valence-corrected chi connectivity index (χ4v) is 3.59. The highest BCUT2D eigenvalue weighted by Gasteiger charge is 2.30. The monoisotopic (exact) mass is 458 g/mol. The van der Waals surface area contributed by atoms with Crippen LogP contribution in [0.4, 0.5) is 4.39 Å². The van der Waals surface area contributed by atoms with Crippen LogP contribution in [0.5, 0.6) is 11.5 Å². The summed E-state index contributed by atoms with van der Waals surface area (Å²) >= 11 is 0. The number of halogens is 1. The average Bonchev–Trinajstić information content (AvgIpc) is 2.77. The van der Waals surface area contributed by atoms with Crippen LogP contribution in [0.15, 0.2) is 42.5 Å². The van der Waals surface area contributed by atoms with Crippen molar-refractivity contribution < 1.29 is 23.5 Å². The zero-order valence-electron chi connectivity index (χ0n) is 20.4. The molecule has 2 aromatic carbocycles. The third-order valence-corrected chi connectivity index (χ3v) is 5.23. The van der Waals surface area contributed by atoms with Crippen LogP contribution in [0.25, 0.3) is 0 Å². The number of nitrogens with one attached hydrogen (secondary N) is 1. The van der Waals surface area contributed by atoms with Crippen LogP contribution in [0.2, 0.25) is 0 Å². The van der Waals surface area contributed by atoms with Crippen molar-refractivity contribution in [2.45, 2.75) is 65.1 Å². The van der Waals surface area contributed by atoms with Crippen molar-refractivity contribution in [3.8, 4) is 11.5 Å². The molecule has 0 saturated carbocycles. The molecule has 0 aromatic heterocycles. The summed E-state index contributed by atoms with van der Waals surface area (Å²) < 4.78 is 24.0. The van der Waals surface area contributed by atoms with Crippen LogP contribution in [-0.4, -0.2) is 42.5 Å². The van der Waals surface area contributed by atoms with Crippen LogP contribution in [-0.2, 0) is 22.6 Å². The number of aryl methyl sites for hydroxylation is 1. The molecule has 0 aliphatic carbocycles. The molecule has 6 nitrogen and oxygen atoms in total. The van der Waals surface area contributed by atoms with Crippen LogP contribution in [0.1, 0.15) is 51.7 Å². The van der Waals surface area contributed by atoms with E-state index in [1.165, 1.54) is 12.1 Å². The molecule has 2 rings (SSSR count). The van der Waals surface area contributed by atoms with Crippen molar-refractivity contribution >= 4 is 11.8 Å². The second kappa shape index (κ2) is 11.7. The maximum Gasteiger partial charge on any atom is 0.243 e. The molecule has 0 fully saturated rings. The Balaban J connectivity index is 2.24. The summed E-state index contributed by atoms with van der Waals surface area (Å²) in [6.45, 7) is 7.82. The quantitative estimate of drug-likeness (QED) is 0.569. The minimum atomic E-state index is -0.632. The number of hydrogen-bond donors (Lipinski definition) is 1. The lowest BCUT2D eigenvalue weighted by Gasteiger charge is -2.33.